The molecule has 4 aromatic rings. The Hall–Kier alpha value is -4.17. The van der Waals surface area contributed by atoms with Gasteiger partial charge < -0.3 is 19.5 Å². The lowest BCUT2D eigenvalue weighted by Gasteiger charge is -2.26. The van der Waals surface area contributed by atoms with Crippen LogP contribution in [0.4, 0.5) is 0 Å². The summed E-state index contributed by atoms with van der Waals surface area (Å²) < 4.78 is 17.3. The van der Waals surface area contributed by atoms with Crippen LogP contribution in [0.15, 0.2) is 85.1 Å². The van der Waals surface area contributed by atoms with Gasteiger partial charge in [0.2, 0.25) is 0 Å². The topological polar surface area (TPSA) is 86.8 Å². The number of ether oxygens (including phenoxy) is 3. The molecule has 1 aliphatic heterocycles. The first-order valence-electron chi connectivity index (χ1n) is 12.6. The Morgan fingerprint density at radius 3 is 2.61 bits per heavy atom. The molecule has 7 nitrogen and oxygen atoms in total. The molecule has 0 unspecified atom stereocenters. The molecule has 2 atom stereocenters. The predicted octanol–water partition coefficient (Wildman–Crippen LogP) is 5.91. The zero-order chi connectivity index (χ0) is 26.3. The predicted molar refractivity (Wildman–Crippen MR) is 145 cm³/mol. The Kier molecular flexibility index (Phi) is 7.99. The molecule has 2 heterocycles. The number of aryl methyl sites for hydroxylation is 1. The van der Waals surface area contributed by atoms with Gasteiger partial charge in [-0.25, -0.2) is 9.78 Å². The van der Waals surface area contributed by atoms with Gasteiger partial charge in [-0.05, 0) is 54.7 Å². The Balaban J connectivity index is 1.23. The summed E-state index contributed by atoms with van der Waals surface area (Å²) in [5.41, 5.74) is 3.16. The largest absolute Gasteiger partial charge is 0.485 e. The molecular weight excluding hydrogens is 500 g/mol. The van der Waals surface area contributed by atoms with Crippen molar-refractivity contribution in [1.29, 1.82) is 0 Å². The van der Waals surface area contributed by atoms with Crippen molar-refractivity contribution in [2.24, 2.45) is 0 Å². The SMILES string of the molecule is CCOC(=O)[C@H](Cc1ccccc1)NC(=O)c1cnc(Oc2ccc3c(c2)CC[C@@H](c2ccccc2)O3)s1. The summed E-state index contributed by atoms with van der Waals surface area (Å²) in [7, 11) is 0. The average Bonchev–Trinajstić information content (AvgIpc) is 3.42. The fourth-order valence-electron chi connectivity index (χ4n) is 4.36. The molecule has 0 spiro atoms. The Morgan fingerprint density at radius 1 is 1.08 bits per heavy atom. The van der Waals surface area contributed by atoms with Gasteiger partial charge in [-0.2, -0.15) is 0 Å². The summed E-state index contributed by atoms with van der Waals surface area (Å²) in [5.74, 6) is 0.592. The van der Waals surface area contributed by atoms with E-state index in [2.05, 4.69) is 22.4 Å². The first-order valence-corrected chi connectivity index (χ1v) is 13.4. The maximum Gasteiger partial charge on any atom is 0.328 e. The second kappa shape index (κ2) is 11.9. The van der Waals surface area contributed by atoms with E-state index in [1.807, 2.05) is 66.7 Å². The Labute approximate surface area is 225 Å². The number of rotatable bonds is 9. The van der Waals surface area contributed by atoms with Crippen molar-refractivity contribution in [1.82, 2.24) is 10.3 Å². The van der Waals surface area contributed by atoms with Crippen LogP contribution in [-0.4, -0.2) is 29.5 Å². The van der Waals surface area contributed by atoms with E-state index >= 15 is 0 Å². The van der Waals surface area contributed by atoms with E-state index < -0.39 is 17.9 Å². The number of fused-ring (bicyclic) bond motifs is 1. The van der Waals surface area contributed by atoms with Crippen molar-refractivity contribution in [3.05, 3.63) is 107 Å². The van der Waals surface area contributed by atoms with Crippen LogP contribution in [0.2, 0.25) is 0 Å². The number of carbonyl (C=O) groups is 2. The van der Waals surface area contributed by atoms with Crippen LogP contribution in [-0.2, 0) is 22.4 Å². The van der Waals surface area contributed by atoms with Crippen molar-refractivity contribution in [3.8, 4) is 16.7 Å². The van der Waals surface area contributed by atoms with Crippen LogP contribution in [0.25, 0.3) is 0 Å². The smallest absolute Gasteiger partial charge is 0.328 e. The highest BCUT2D eigenvalue weighted by Crippen LogP contribution is 2.38. The van der Waals surface area contributed by atoms with E-state index in [-0.39, 0.29) is 12.7 Å². The summed E-state index contributed by atoms with van der Waals surface area (Å²) in [6.07, 6.45) is 3.57. The van der Waals surface area contributed by atoms with Gasteiger partial charge in [0, 0.05) is 6.42 Å². The van der Waals surface area contributed by atoms with Gasteiger partial charge in [0.05, 0.1) is 12.8 Å². The molecular formula is C30H28N2O5S. The normalized spacial score (nSPS) is 15.0. The number of amides is 1. The fourth-order valence-corrected chi connectivity index (χ4v) is 5.05. The molecule has 1 aliphatic rings. The molecule has 5 rings (SSSR count). The third kappa shape index (κ3) is 6.20. The number of carbonyl (C=O) groups excluding carboxylic acids is 2. The molecule has 0 saturated heterocycles. The summed E-state index contributed by atoms with van der Waals surface area (Å²) >= 11 is 1.12. The van der Waals surface area contributed by atoms with E-state index in [9.17, 15) is 9.59 Å². The van der Waals surface area contributed by atoms with E-state index in [1.54, 1.807) is 6.92 Å². The zero-order valence-corrected chi connectivity index (χ0v) is 21.8. The summed E-state index contributed by atoms with van der Waals surface area (Å²) in [6.45, 7) is 1.97. The third-order valence-corrected chi connectivity index (χ3v) is 7.10. The lowest BCUT2D eigenvalue weighted by Crippen LogP contribution is -2.43. The van der Waals surface area contributed by atoms with Crippen molar-refractivity contribution in [3.63, 3.8) is 0 Å². The molecule has 0 bridgehead atoms. The molecule has 194 valence electrons. The van der Waals surface area contributed by atoms with E-state index in [0.29, 0.717) is 22.2 Å². The number of hydrogen-bond donors (Lipinski definition) is 1. The molecule has 0 aliphatic carbocycles. The highest BCUT2D eigenvalue weighted by Gasteiger charge is 2.25. The van der Waals surface area contributed by atoms with Gasteiger partial charge in [-0.3, -0.25) is 4.79 Å². The van der Waals surface area contributed by atoms with E-state index in [0.717, 1.165) is 41.1 Å². The monoisotopic (exact) mass is 528 g/mol. The average molecular weight is 529 g/mol. The first kappa shape index (κ1) is 25.5. The standard InChI is InChI=1S/C30H28N2O5S/c1-2-35-29(34)24(17-20-9-5-3-6-10-20)32-28(33)27-19-31-30(38-27)36-23-14-16-26-22(18-23)13-15-25(37-26)21-11-7-4-8-12-21/h3-12,14,16,18-19,24-25H,2,13,15,17H2,1H3,(H,32,33)/t24-,25-/m0/s1. The molecule has 1 N–H and O–H groups in total. The molecule has 38 heavy (non-hydrogen) atoms. The molecule has 1 amide bonds. The summed E-state index contributed by atoms with van der Waals surface area (Å²) in [6, 6.07) is 24.6. The van der Waals surface area contributed by atoms with Gasteiger partial charge >= 0.3 is 5.97 Å². The Bertz CT molecular complexity index is 1390. The third-order valence-electron chi connectivity index (χ3n) is 6.22. The molecule has 0 radical (unpaired) electrons. The van der Waals surface area contributed by atoms with Crippen LogP contribution in [0.1, 0.15) is 45.8 Å². The highest BCUT2D eigenvalue weighted by atomic mass is 32.1. The van der Waals surface area contributed by atoms with Crippen LogP contribution >= 0.6 is 11.3 Å². The lowest BCUT2D eigenvalue weighted by atomic mass is 9.97. The van der Waals surface area contributed by atoms with E-state index in [4.69, 9.17) is 14.2 Å². The fraction of sp³-hybridized carbons (Fsp3) is 0.233. The van der Waals surface area contributed by atoms with Crippen molar-refractivity contribution < 1.29 is 23.8 Å². The maximum atomic E-state index is 12.9. The van der Waals surface area contributed by atoms with Gasteiger partial charge in [-0.1, -0.05) is 72.0 Å². The zero-order valence-electron chi connectivity index (χ0n) is 21.0. The lowest BCUT2D eigenvalue weighted by molar-refractivity contribution is -0.145. The van der Waals surface area contributed by atoms with Gasteiger partial charge in [0.1, 0.15) is 28.5 Å². The number of nitrogens with zero attached hydrogens (tertiary/aromatic N) is 1. The van der Waals surface area contributed by atoms with E-state index in [1.165, 1.54) is 11.8 Å². The minimum absolute atomic E-state index is 0.0378. The first-order chi connectivity index (χ1) is 18.6. The molecule has 8 heteroatoms. The number of benzene rings is 3. The Morgan fingerprint density at radius 2 is 1.84 bits per heavy atom. The van der Waals surface area contributed by atoms with Gasteiger partial charge in [0.25, 0.3) is 11.1 Å². The second-order valence-corrected chi connectivity index (χ2v) is 9.88. The van der Waals surface area contributed by atoms with Crippen LogP contribution in [0.5, 0.6) is 16.7 Å². The molecule has 3 aromatic carbocycles. The molecule has 0 saturated carbocycles. The van der Waals surface area contributed by atoms with Crippen LogP contribution < -0.4 is 14.8 Å². The molecule has 0 fully saturated rings. The van der Waals surface area contributed by atoms with Gasteiger partial charge in [0.15, 0.2) is 0 Å². The van der Waals surface area contributed by atoms with Crippen molar-refractivity contribution in [2.45, 2.75) is 38.3 Å². The number of esters is 1. The van der Waals surface area contributed by atoms with Gasteiger partial charge in [-0.15, -0.1) is 0 Å². The van der Waals surface area contributed by atoms with Crippen molar-refractivity contribution >= 4 is 23.2 Å². The van der Waals surface area contributed by atoms with Crippen LogP contribution in [0, 0.1) is 0 Å². The maximum absolute atomic E-state index is 12.9. The van der Waals surface area contributed by atoms with Crippen LogP contribution in [0.3, 0.4) is 0 Å². The highest BCUT2D eigenvalue weighted by molar-refractivity contribution is 7.15. The summed E-state index contributed by atoms with van der Waals surface area (Å²) in [5, 5.41) is 3.12. The second-order valence-electron chi connectivity index (χ2n) is 8.89. The minimum atomic E-state index is -0.809. The summed E-state index contributed by atoms with van der Waals surface area (Å²) in [4.78, 5) is 30.0. The minimum Gasteiger partial charge on any atom is -0.485 e. The quantitative estimate of drug-likeness (QED) is 0.272. The number of aromatic nitrogens is 1. The van der Waals surface area contributed by atoms with Crippen molar-refractivity contribution in [2.75, 3.05) is 6.61 Å². The molecule has 1 aromatic heterocycles. The number of hydrogen-bond acceptors (Lipinski definition) is 7. The number of nitrogens with one attached hydrogen (secondary N) is 1. The number of thiazole rings is 1.